The first-order chi connectivity index (χ1) is 16.8. The van der Waals surface area contributed by atoms with Crippen LogP contribution < -0.4 is 21.7 Å². The van der Waals surface area contributed by atoms with Crippen molar-refractivity contribution in [1.29, 1.82) is 0 Å². The van der Waals surface area contributed by atoms with Gasteiger partial charge in [0.2, 0.25) is 5.91 Å². The molecule has 9 nitrogen and oxygen atoms in total. The maximum Gasteiger partial charge on any atom is 0.273 e. The number of aromatic hydroxyl groups is 1. The second-order valence-electron chi connectivity index (χ2n) is 8.27. The van der Waals surface area contributed by atoms with E-state index in [-0.39, 0.29) is 34.0 Å². The van der Waals surface area contributed by atoms with Gasteiger partial charge >= 0.3 is 0 Å². The smallest absolute Gasteiger partial charge is 0.273 e. The fraction of sp³-hybridized carbons (Fsp3) is 0.250. The first kappa shape index (κ1) is 24.5. The predicted molar refractivity (Wildman–Crippen MR) is 135 cm³/mol. The van der Waals surface area contributed by atoms with Gasteiger partial charge in [0.15, 0.2) is 5.69 Å². The van der Waals surface area contributed by atoms with Crippen LogP contribution in [0.5, 0.6) is 5.75 Å². The number of aromatic nitrogens is 1. The Hall–Kier alpha value is -3.63. The molecule has 0 unspecified atom stereocenters. The fourth-order valence-electron chi connectivity index (χ4n) is 4.15. The van der Waals surface area contributed by atoms with Crippen molar-refractivity contribution in [3.05, 3.63) is 69.7 Å². The third-order valence-electron chi connectivity index (χ3n) is 5.90. The fourth-order valence-corrected chi connectivity index (χ4v) is 5.02. The van der Waals surface area contributed by atoms with Crippen molar-refractivity contribution < 1.29 is 19.5 Å². The lowest BCUT2D eigenvalue weighted by atomic mass is 10.0. The largest absolute Gasteiger partial charge is 0.508 e. The standard InChI is InChI=1S/C24H24ClN5O4S/c25-14-7-9-16(10-8-14)30(24(34)21-18(26)19(22(27)32)29-35-21)20(13-5-11-17(31)12-6-13)23(33)28-15-3-1-2-4-15/h5-12,15,20,31H,1-4,26H2,(H2,27,32)(H,28,33)/t20-/m1/s1. The molecule has 0 spiro atoms. The number of phenolic OH excluding ortho intramolecular Hbond substituents is 1. The topological polar surface area (TPSA) is 152 Å². The Bertz CT molecular complexity index is 1240. The van der Waals surface area contributed by atoms with Crippen molar-refractivity contribution >= 4 is 52.2 Å². The summed E-state index contributed by atoms with van der Waals surface area (Å²) in [6.07, 6.45) is 3.74. The third-order valence-corrected chi connectivity index (χ3v) is 7.00. The van der Waals surface area contributed by atoms with Crippen molar-refractivity contribution in [2.45, 2.75) is 37.8 Å². The predicted octanol–water partition coefficient (Wildman–Crippen LogP) is 3.63. The number of halogens is 1. The molecular formula is C24H24ClN5O4S. The number of nitrogens with zero attached hydrogens (tertiary/aromatic N) is 2. The molecule has 1 saturated carbocycles. The first-order valence-electron chi connectivity index (χ1n) is 11.0. The van der Waals surface area contributed by atoms with E-state index in [0.717, 1.165) is 37.2 Å². The highest BCUT2D eigenvalue weighted by Gasteiger charge is 2.37. The van der Waals surface area contributed by atoms with Crippen LogP contribution >= 0.6 is 23.1 Å². The molecule has 35 heavy (non-hydrogen) atoms. The van der Waals surface area contributed by atoms with Gasteiger partial charge in [-0.05, 0) is 66.3 Å². The van der Waals surface area contributed by atoms with E-state index >= 15 is 0 Å². The van der Waals surface area contributed by atoms with Crippen LogP contribution in [0, 0.1) is 0 Å². The van der Waals surface area contributed by atoms with E-state index in [1.54, 1.807) is 36.4 Å². The Kier molecular flexibility index (Phi) is 7.23. The lowest BCUT2D eigenvalue weighted by Crippen LogP contribution is -2.46. The number of amides is 3. The van der Waals surface area contributed by atoms with Gasteiger partial charge in [0, 0.05) is 16.8 Å². The molecule has 6 N–H and O–H groups in total. The molecule has 0 aliphatic heterocycles. The summed E-state index contributed by atoms with van der Waals surface area (Å²) >= 11 is 6.81. The molecule has 182 valence electrons. The van der Waals surface area contributed by atoms with E-state index in [0.29, 0.717) is 16.3 Å². The number of nitrogen functional groups attached to an aromatic ring is 1. The van der Waals surface area contributed by atoms with Gasteiger partial charge in [-0.15, -0.1) is 0 Å². The Morgan fingerprint density at radius 2 is 1.71 bits per heavy atom. The molecular weight excluding hydrogens is 490 g/mol. The summed E-state index contributed by atoms with van der Waals surface area (Å²) in [5.41, 5.74) is 11.9. The molecule has 4 rings (SSSR count). The zero-order chi connectivity index (χ0) is 25.1. The molecule has 2 aromatic carbocycles. The van der Waals surface area contributed by atoms with E-state index in [9.17, 15) is 19.5 Å². The zero-order valence-electron chi connectivity index (χ0n) is 18.6. The third kappa shape index (κ3) is 5.23. The maximum absolute atomic E-state index is 13.9. The minimum absolute atomic E-state index is 0.000719. The van der Waals surface area contributed by atoms with Gasteiger partial charge in [0.25, 0.3) is 11.8 Å². The molecule has 1 atom stereocenters. The second kappa shape index (κ2) is 10.3. The molecule has 1 heterocycles. The van der Waals surface area contributed by atoms with Crippen LogP contribution in [0.1, 0.15) is 57.4 Å². The van der Waals surface area contributed by atoms with E-state index < -0.39 is 17.9 Å². The minimum atomic E-state index is -1.11. The zero-order valence-corrected chi connectivity index (χ0v) is 20.2. The monoisotopic (exact) mass is 513 g/mol. The molecule has 3 amide bonds. The van der Waals surface area contributed by atoms with Gasteiger partial charge < -0.3 is 21.9 Å². The van der Waals surface area contributed by atoms with Crippen molar-refractivity contribution in [3.8, 4) is 5.75 Å². The highest BCUT2D eigenvalue weighted by molar-refractivity contribution is 7.09. The highest BCUT2D eigenvalue weighted by Crippen LogP contribution is 2.34. The highest BCUT2D eigenvalue weighted by atomic mass is 35.5. The number of phenols is 1. The second-order valence-corrected chi connectivity index (χ2v) is 9.48. The number of anilines is 2. The van der Waals surface area contributed by atoms with Gasteiger partial charge in [0.05, 0.1) is 5.69 Å². The molecule has 1 aliphatic carbocycles. The summed E-state index contributed by atoms with van der Waals surface area (Å²) in [5.74, 6) is -1.85. The average Bonchev–Trinajstić information content (AvgIpc) is 3.48. The van der Waals surface area contributed by atoms with Crippen LogP contribution in [0.25, 0.3) is 0 Å². The molecule has 1 aliphatic rings. The Labute approximate surface area is 210 Å². The van der Waals surface area contributed by atoms with Gasteiger partial charge in [-0.1, -0.05) is 36.6 Å². The Morgan fingerprint density at radius 3 is 2.29 bits per heavy atom. The Balaban J connectivity index is 1.84. The van der Waals surface area contributed by atoms with Crippen LogP contribution in [-0.4, -0.2) is 33.2 Å². The molecule has 1 aromatic heterocycles. The van der Waals surface area contributed by atoms with Crippen LogP contribution in [0.4, 0.5) is 11.4 Å². The summed E-state index contributed by atoms with van der Waals surface area (Å²) in [6.45, 7) is 0. The van der Waals surface area contributed by atoms with Gasteiger partial charge in [-0.25, -0.2) is 0 Å². The van der Waals surface area contributed by atoms with Gasteiger partial charge in [0.1, 0.15) is 16.7 Å². The quantitative estimate of drug-likeness (QED) is 0.378. The molecule has 0 radical (unpaired) electrons. The van der Waals surface area contributed by atoms with Crippen LogP contribution in [0.3, 0.4) is 0 Å². The Morgan fingerprint density at radius 1 is 1.09 bits per heavy atom. The average molecular weight is 514 g/mol. The van der Waals surface area contributed by atoms with E-state index in [1.165, 1.54) is 17.0 Å². The van der Waals surface area contributed by atoms with Crippen molar-refractivity contribution in [3.63, 3.8) is 0 Å². The summed E-state index contributed by atoms with van der Waals surface area (Å²) in [6, 6.07) is 11.4. The number of nitrogens with two attached hydrogens (primary N) is 2. The number of primary amides is 1. The number of carbonyl (C=O) groups is 3. The van der Waals surface area contributed by atoms with Gasteiger partial charge in [-0.3, -0.25) is 19.3 Å². The van der Waals surface area contributed by atoms with Gasteiger partial charge in [-0.2, -0.15) is 4.37 Å². The minimum Gasteiger partial charge on any atom is -0.508 e. The van der Waals surface area contributed by atoms with Crippen LogP contribution in [0.15, 0.2) is 48.5 Å². The van der Waals surface area contributed by atoms with Crippen molar-refractivity contribution in [2.75, 3.05) is 10.6 Å². The maximum atomic E-state index is 13.9. The van der Waals surface area contributed by atoms with Crippen LogP contribution in [0.2, 0.25) is 5.02 Å². The summed E-state index contributed by atoms with van der Waals surface area (Å²) < 4.78 is 3.94. The number of nitrogens with one attached hydrogen (secondary N) is 1. The molecule has 1 fully saturated rings. The SMILES string of the molecule is NC(=O)c1nsc(C(=O)N(c2ccc(Cl)cc2)[C@@H](C(=O)NC2CCCC2)c2ccc(O)cc2)c1N. The summed E-state index contributed by atoms with van der Waals surface area (Å²) in [7, 11) is 0. The molecule has 11 heteroatoms. The van der Waals surface area contributed by atoms with E-state index in [2.05, 4.69) is 9.69 Å². The normalized spacial score (nSPS) is 14.4. The number of benzene rings is 2. The number of hydrogen-bond donors (Lipinski definition) is 4. The molecule has 0 saturated heterocycles. The first-order valence-corrected chi connectivity index (χ1v) is 12.1. The molecule has 3 aromatic rings. The summed E-state index contributed by atoms with van der Waals surface area (Å²) in [5, 5.41) is 13.3. The van der Waals surface area contributed by atoms with Crippen molar-refractivity contribution in [2.24, 2.45) is 5.73 Å². The van der Waals surface area contributed by atoms with Crippen molar-refractivity contribution in [1.82, 2.24) is 9.69 Å². The number of rotatable bonds is 7. The number of carbonyl (C=O) groups excluding carboxylic acids is 3. The van der Waals surface area contributed by atoms with E-state index in [1.807, 2.05) is 0 Å². The number of hydrogen-bond acceptors (Lipinski definition) is 7. The molecule has 0 bridgehead atoms. The summed E-state index contributed by atoms with van der Waals surface area (Å²) in [4.78, 5) is 40.6. The lowest BCUT2D eigenvalue weighted by molar-refractivity contribution is -0.123. The van der Waals surface area contributed by atoms with Crippen LogP contribution in [-0.2, 0) is 4.79 Å². The van der Waals surface area contributed by atoms with E-state index in [4.69, 9.17) is 23.1 Å². The lowest BCUT2D eigenvalue weighted by Gasteiger charge is -2.32.